The molecule has 1 heterocycles. The van der Waals surface area contributed by atoms with Crippen molar-refractivity contribution in [2.24, 2.45) is 0 Å². The summed E-state index contributed by atoms with van der Waals surface area (Å²) < 4.78 is 18.3. The summed E-state index contributed by atoms with van der Waals surface area (Å²) in [5, 5.41) is 6.11. The van der Waals surface area contributed by atoms with Crippen molar-refractivity contribution in [3.05, 3.63) is 80.4 Å². The van der Waals surface area contributed by atoms with E-state index in [9.17, 15) is 18.8 Å². The van der Waals surface area contributed by atoms with Gasteiger partial charge in [0.2, 0.25) is 0 Å². The molecule has 0 unspecified atom stereocenters. The molecule has 0 aliphatic carbocycles. The zero-order valence-electron chi connectivity index (χ0n) is 17.5. The molecule has 2 N–H and O–H groups in total. The summed E-state index contributed by atoms with van der Waals surface area (Å²) in [5.41, 5.74) is 1.91. The van der Waals surface area contributed by atoms with Gasteiger partial charge >= 0.3 is 5.97 Å². The standard InChI is InChI=1S/C23H20ClFN2O4S/c1-4-31-23(30)18-13(3)19(21(29)26-17-7-5-6-16(24)12(17)2)32-22(18)27-20(28)14-8-10-15(25)11-9-14/h5-11H,4H2,1-3H3,(H,26,29)(H,27,28). The van der Waals surface area contributed by atoms with Gasteiger partial charge in [0.05, 0.1) is 17.0 Å². The molecule has 0 fully saturated rings. The molecule has 166 valence electrons. The first kappa shape index (κ1) is 23.4. The van der Waals surface area contributed by atoms with E-state index in [-0.39, 0.29) is 27.6 Å². The van der Waals surface area contributed by atoms with Crippen molar-refractivity contribution in [1.82, 2.24) is 0 Å². The molecule has 0 aliphatic heterocycles. The molecular formula is C23H20ClFN2O4S. The molecule has 0 spiro atoms. The lowest BCUT2D eigenvalue weighted by Crippen LogP contribution is -2.15. The number of thiophene rings is 1. The van der Waals surface area contributed by atoms with Gasteiger partial charge in [0, 0.05) is 16.3 Å². The number of esters is 1. The van der Waals surface area contributed by atoms with Crippen LogP contribution in [0.3, 0.4) is 0 Å². The van der Waals surface area contributed by atoms with Gasteiger partial charge in [-0.05, 0) is 68.3 Å². The van der Waals surface area contributed by atoms with E-state index in [1.807, 2.05) is 0 Å². The van der Waals surface area contributed by atoms with E-state index in [2.05, 4.69) is 10.6 Å². The topological polar surface area (TPSA) is 84.5 Å². The fourth-order valence-corrected chi connectivity index (χ4v) is 4.23. The molecule has 0 saturated heterocycles. The maximum absolute atomic E-state index is 13.2. The molecule has 3 aromatic rings. The van der Waals surface area contributed by atoms with E-state index in [0.29, 0.717) is 21.8 Å². The lowest BCUT2D eigenvalue weighted by molar-refractivity contribution is 0.0527. The average molecular weight is 475 g/mol. The third kappa shape index (κ3) is 4.98. The highest BCUT2D eigenvalue weighted by atomic mass is 35.5. The SMILES string of the molecule is CCOC(=O)c1c(NC(=O)c2ccc(F)cc2)sc(C(=O)Nc2cccc(Cl)c2C)c1C. The van der Waals surface area contributed by atoms with Crippen LogP contribution < -0.4 is 10.6 Å². The lowest BCUT2D eigenvalue weighted by Gasteiger charge is -2.09. The molecule has 2 amide bonds. The van der Waals surface area contributed by atoms with Crippen LogP contribution in [0.25, 0.3) is 0 Å². The quantitative estimate of drug-likeness (QED) is 0.439. The van der Waals surface area contributed by atoms with Crippen LogP contribution in [0.15, 0.2) is 42.5 Å². The molecule has 32 heavy (non-hydrogen) atoms. The minimum Gasteiger partial charge on any atom is -0.462 e. The highest BCUT2D eigenvalue weighted by Crippen LogP contribution is 2.35. The summed E-state index contributed by atoms with van der Waals surface area (Å²) in [5.74, 6) is -2.13. The highest BCUT2D eigenvalue weighted by molar-refractivity contribution is 7.19. The molecule has 9 heteroatoms. The van der Waals surface area contributed by atoms with Gasteiger partial charge in [0.25, 0.3) is 11.8 Å². The van der Waals surface area contributed by atoms with Crippen LogP contribution in [0.4, 0.5) is 15.1 Å². The minimum atomic E-state index is -0.659. The van der Waals surface area contributed by atoms with E-state index < -0.39 is 23.6 Å². The fourth-order valence-electron chi connectivity index (χ4n) is 2.97. The molecule has 0 saturated carbocycles. The third-order valence-corrected chi connectivity index (χ3v) is 6.30. The monoisotopic (exact) mass is 474 g/mol. The molecular weight excluding hydrogens is 455 g/mol. The van der Waals surface area contributed by atoms with Crippen molar-refractivity contribution in [3.8, 4) is 0 Å². The van der Waals surface area contributed by atoms with Gasteiger partial charge in [0.15, 0.2) is 0 Å². The largest absolute Gasteiger partial charge is 0.462 e. The Balaban J connectivity index is 1.96. The zero-order chi connectivity index (χ0) is 23.4. The van der Waals surface area contributed by atoms with Gasteiger partial charge in [-0.15, -0.1) is 11.3 Å². The number of hydrogen-bond acceptors (Lipinski definition) is 5. The predicted octanol–water partition coefficient (Wildman–Crippen LogP) is 5.84. The van der Waals surface area contributed by atoms with Gasteiger partial charge in [-0.1, -0.05) is 17.7 Å². The molecule has 6 nitrogen and oxygen atoms in total. The van der Waals surface area contributed by atoms with Crippen LogP contribution in [0.5, 0.6) is 0 Å². The predicted molar refractivity (Wildman–Crippen MR) is 124 cm³/mol. The number of rotatable bonds is 6. The number of hydrogen-bond donors (Lipinski definition) is 2. The molecule has 0 bridgehead atoms. The number of carbonyl (C=O) groups excluding carboxylic acids is 3. The summed E-state index contributed by atoms with van der Waals surface area (Å²) >= 11 is 7.08. The Bertz CT molecular complexity index is 1190. The molecule has 0 radical (unpaired) electrons. The maximum atomic E-state index is 13.2. The van der Waals surface area contributed by atoms with Crippen molar-refractivity contribution in [3.63, 3.8) is 0 Å². The van der Waals surface area contributed by atoms with E-state index >= 15 is 0 Å². The Labute approximate surface area is 193 Å². The van der Waals surface area contributed by atoms with Crippen LogP contribution in [0.1, 0.15) is 48.4 Å². The summed E-state index contributed by atoms with van der Waals surface area (Å²) in [6.07, 6.45) is 0. The van der Waals surface area contributed by atoms with Gasteiger partial charge in [-0.25, -0.2) is 9.18 Å². The Hall–Kier alpha value is -3.23. The smallest absolute Gasteiger partial charge is 0.341 e. The molecule has 0 atom stereocenters. The first-order valence-electron chi connectivity index (χ1n) is 9.66. The van der Waals surface area contributed by atoms with Crippen LogP contribution in [-0.2, 0) is 4.74 Å². The zero-order valence-corrected chi connectivity index (χ0v) is 19.1. The summed E-state index contributed by atoms with van der Waals surface area (Å²) in [4.78, 5) is 38.4. The van der Waals surface area contributed by atoms with E-state index in [4.69, 9.17) is 16.3 Å². The number of carbonyl (C=O) groups is 3. The van der Waals surface area contributed by atoms with E-state index in [1.54, 1.807) is 39.0 Å². The average Bonchev–Trinajstić information content (AvgIpc) is 3.08. The van der Waals surface area contributed by atoms with Gasteiger partial charge in [0.1, 0.15) is 10.8 Å². The van der Waals surface area contributed by atoms with Crippen molar-refractivity contribution < 1.29 is 23.5 Å². The van der Waals surface area contributed by atoms with Crippen LogP contribution in [-0.4, -0.2) is 24.4 Å². The lowest BCUT2D eigenvalue weighted by atomic mass is 10.1. The molecule has 2 aromatic carbocycles. The molecule has 0 aliphatic rings. The fraction of sp³-hybridized carbons (Fsp3) is 0.174. The normalized spacial score (nSPS) is 10.5. The van der Waals surface area contributed by atoms with Crippen LogP contribution >= 0.6 is 22.9 Å². The number of halogens is 2. The number of anilines is 2. The van der Waals surface area contributed by atoms with E-state index in [0.717, 1.165) is 23.5 Å². The summed E-state index contributed by atoms with van der Waals surface area (Å²) in [6, 6.07) is 10.1. The van der Waals surface area contributed by atoms with Crippen LogP contribution in [0, 0.1) is 19.7 Å². The van der Waals surface area contributed by atoms with Crippen molar-refractivity contribution >= 4 is 51.4 Å². The summed E-state index contributed by atoms with van der Waals surface area (Å²) in [7, 11) is 0. The van der Waals surface area contributed by atoms with Crippen molar-refractivity contribution in [2.45, 2.75) is 20.8 Å². The highest BCUT2D eigenvalue weighted by Gasteiger charge is 2.27. The second-order valence-corrected chi connectivity index (χ2v) is 8.24. The third-order valence-electron chi connectivity index (χ3n) is 4.68. The molecule has 3 rings (SSSR count). The van der Waals surface area contributed by atoms with Gasteiger partial charge < -0.3 is 15.4 Å². The first-order chi connectivity index (χ1) is 15.2. The van der Waals surface area contributed by atoms with E-state index in [1.165, 1.54) is 12.1 Å². The Kier molecular flexibility index (Phi) is 7.27. The number of nitrogens with one attached hydrogen (secondary N) is 2. The maximum Gasteiger partial charge on any atom is 0.341 e. The molecule has 1 aromatic heterocycles. The van der Waals surface area contributed by atoms with Gasteiger partial charge in [-0.3, -0.25) is 9.59 Å². The van der Waals surface area contributed by atoms with Crippen LogP contribution in [0.2, 0.25) is 5.02 Å². The second-order valence-electron chi connectivity index (χ2n) is 6.81. The number of ether oxygens (including phenoxy) is 1. The minimum absolute atomic E-state index is 0.0975. The first-order valence-corrected chi connectivity index (χ1v) is 10.9. The van der Waals surface area contributed by atoms with Gasteiger partial charge in [-0.2, -0.15) is 0 Å². The Morgan fingerprint density at radius 3 is 2.34 bits per heavy atom. The summed E-state index contributed by atoms with van der Waals surface area (Å²) in [6.45, 7) is 5.17. The van der Waals surface area contributed by atoms with Crippen molar-refractivity contribution in [1.29, 1.82) is 0 Å². The second kappa shape index (κ2) is 9.93. The number of amides is 2. The van der Waals surface area contributed by atoms with Crippen molar-refractivity contribution in [2.75, 3.05) is 17.2 Å². The number of benzene rings is 2. The Morgan fingerprint density at radius 2 is 1.69 bits per heavy atom. The Morgan fingerprint density at radius 1 is 1.00 bits per heavy atom.